The molecule has 8 heteroatoms. The molecular formula is C17H16F3N3O2. The molecule has 5 nitrogen and oxygen atoms in total. The van der Waals surface area contributed by atoms with Crippen molar-refractivity contribution >= 4 is 5.82 Å². The van der Waals surface area contributed by atoms with Crippen molar-refractivity contribution in [1.82, 2.24) is 9.55 Å². The largest absolute Gasteiger partial charge is 0.472 e. The fourth-order valence-electron chi connectivity index (χ4n) is 3.52. The summed E-state index contributed by atoms with van der Waals surface area (Å²) in [4.78, 5) is 18.2. The van der Waals surface area contributed by atoms with Gasteiger partial charge in [-0.3, -0.25) is 4.57 Å². The summed E-state index contributed by atoms with van der Waals surface area (Å²) < 4.78 is 46.8. The number of hydrogen-bond acceptors (Lipinski definition) is 4. The predicted molar refractivity (Wildman–Crippen MR) is 84.1 cm³/mol. The fraction of sp³-hybridized carbons (Fsp3) is 0.412. The minimum Gasteiger partial charge on any atom is -0.472 e. The van der Waals surface area contributed by atoms with Crippen LogP contribution in [-0.2, 0) is 13.2 Å². The van der Waals surface area contributed by atoms with Gasteiger partial charge < -0.3 is 9.64 Å². The summed E-state index contributed by atoms with van der Waals surface area (Å²) in [5.41, 5.74) is -0.613. The van der Waals surface area contributed by atoms with E-state index in [1.54, 1.807) is 10.6 Å². The van der Waals surface area contributed by atoms with Gasteiger partial charge in [-0.2, -0.15) is 4.98 Å². The van der Waals surface area contributed by atoms with Gasteiger partial charge in [0.25, 0.3) is 0 Å². The van der Waals surface area contributed by atoms with E-state index in [0.717, 1.165) is 25.3 Å². The number of halogens is 3. The summed E-state index contributed by atoms with van der Waals surface area (Å²) in [6, 6.07) is 2.82. The van der Waals surface area contributed by atoms with Crippen molar-refractivity contribution in [3.63, 3.8) is 0 Å². The topological polar surface area (TPSA) is 47.4 Å². The number of hydrogen-bond donors (Lipinski definition) is 0. The Hall–Kier alpha value is -2.51. The Morgan fingerprint density at radius 1 is 1.16 bits per heavy atom. The van der Waals surface area contributed by atoms with E-state index in [1.165, 1.54) is 0 Å². The van der Waals surface area contributed by atoms with Crippen LogP contribution in [0.3, 0.4) is 0 Å². The average molecular weight is 351 g/mol. The molecule has 4 rings (SSSR count). The van der Waals surface area contributed by atoms with Crippen molar-refractivity contribution in [2.75, 3.05) is 11.9 Å². The van der Waals surface area contributed by atoms with Crippen LogP contribution in [-0.4, -0.2) is 22.1 Å². The van der Waals surface area contributed by atoms with E-state index < -0.39 is 23.1 Å². The second-order valence-electron chi connectivity index (χ2n) is 6.60. The summed E-state index contributed by atoms with van der Waals surface area (Å²) in [7, 11) is 1.93. The first-order chi connectivity index (χ1) is 11.9. The smallest absolute Gasteiger partial charge is 0.352 e. The molecule has 1 saturated carbocycles. The molecule has 0 unspecified atom stereocenters. The quantitative estimate of drug-likeness (QED) is 0.798. The molecule has 1 aliphatic heterocycles. The molecule has 2 heterocycles. The minimum atomic E-state index is -1.26. The maximum absolute atomic E-state index is 13.7. The van der Waals surface area contributed by atoms with Crippen LogP contribution in [0.4, 0.5) is 19.0 Å². The van der Waals surface area contributed by atoms with E-state index in [4.69, 9.17) is 4.74 Å². The number of nitrogens with zero attached hydrogens (tertiary/aromatic N) is 3. The van der Waals surface area contributed by atoms with E-state index >= 15 is 0 Å². The van der Waals surface area contributed by atoms with Crippen LogP contribution in [0.2, 0.25) is 0 Å². The van der Waals surface area contributed by atoms with Crippen molar-refractivity contribution in [3.8, 4) is 5.88 Å². The third-order valence-corrected chi connectivity index (χ3v) is 5.22. The van der Waals surface area contributed by atoms with Gasteiger partial charge in [-0.25, -0.2) is 18.0 Å². The molecule has 1 aromatic carbocycles. The molecular weight excluding hydrogens is 335 g/mol. The molecule has 0 atom stereocenters. The van der Waals surface area contributed by atoms with E-state index in [1.807, 2.05) is 7.05 Å². The van der Waals surface area contributed by atoms with Gasteiger partial charge in [-0.15, -0.1) is 0 Å². The summed E-state index contributed by atoms with van der Waals surface area (Å²) in [5.74, 6) is -2.61. The van der Waals surface area contributed by atoms with Crippen molar-refractivity contribution in [2.45, 2.75) is 38.0 Å². The van der Waals surface area contributed by atoms with E-state index in [2.05, 4.69) is 9.88 Å². The zero-order chi connectivity index (χ0) is 17.8. The number of ether oxygens (including phenoxy) is 1. The lowest BCUT2D eigenvalue weighted by molar-refractivity contribution is 0.231. The third kappa shape index (κ3) is 2.47. The zero-order valence-electron chi connectivity index (χ0n) is 13.6. The molecule has 25 heavy (non-hydrogen) atoms. The number of likely N-dealkylation sites (N-methyl/N-ethyl adjacent to an activating group) is 1. The lowest BCUT2D eigenvalue weighted by Crippen LogP contribution is -2.50. The van der Waals surface area contributed by atoms with Crippen LogP contribution in [0.1, 0.15) is 24.8 Å². The van der Waals surface area contributed by atoms with Gasteiger partial charge >= 0.3 is 5.69 Å². The normalized spacial score (nSPS) is 17.5. The molecule has 0 saturated heterocycles. The fourth-order valence-corrected chi connectivity index (χ4v) is 3.52. The van der Waals surface area contributed by atoms with E-state index in [9.17, 15) is 18.0 Å². The molecule has 2 aromatic rings. The number of rotatable bonds is 3. The molecule has 1 fully saturated rings. The highest BCUT2D eigenvalue weighted by Crippen LogP contribution is 2.45. The lowest BCUT2D eigenvalue weighted by atomic mass is 9.76. The molecule has 1 aliphatic carbocycles. The van der Waals surface area contributed by atoms with Gasteiger partial charge in [0.05, 0.1) is 12.1 Å². The summed E-state index contributed by atoms with van der Waals surface area (Å²) in [6.45, 7) is 0.247. The molecule has 2 aliphatic rings. The monoisotopic (exact) mass is 351 g/mol. The highest BCUT2D eigenvalue weighted by Gasteiger charge is 2.47. The van der Waals surface area contributed by atoms with Crippen LogP contribution < -0.4 is 15.3 Å². The molecule has 0 amide bonds. The second-order valence-corrected chi connectivity index (χ2v) is 6.60. The summed E-state index contributed by atoms with van der Waals surface area (Å²) >= 11 is 0. The van der Waals surface area contributed by atoms with Gasteiger partial charge in [-0.1, -0.05) is 0 Å². The third-order valence-electron chi connectivity index (χ3n) is 5.22. The van der Waals surface area contributed by atoms with Gasteiger partial charge in [0.2, 0.25) is 5.88 Å². The Labute approximate surface area is 141 Å². The maximum Gasteiger partial charge on any atom is 0.352 e. The number of benzene rings is 1. The molecule has 132 valence electrons. The van der Waals surface area contributed by atoms with E-state index in [0.29, 0.717) is 18.4 Å². The Balaban J connectivity index is 1.58. The first-order valence-corrected chi connectivity index (χ1v) is 8.02. The SMILES string of the molecule is CN1c2cc(OCc3cc(F)c(F)cc3F)nc(=O)n2CC12CCC2. The van der Waals surface area contributed by atoms with Gasteiger partial charge in [-0.05, 0) is 25.3 Å². The summed E-state index contributed by atoms with van der Waals surface area (Å²) in [5, 5.41) is 0. The number of anilines is 1. The second kappa shape index (κ2) is 5.50. The Bertz CT molecular complexity index is 909. The minimum absolute atomic E-state index is 0.0291. The molecule has 0 radical (unpaired) electrons. The van der Waals surface area contributed by atoms with Crippen LogP contribution in [0.5, 0.6) is 5.88 Å². The Kier molecular flexibility index (Phi) is 3.52. The zero-order valence-corrected chi connectivity index (χ0v) is 13.6. The van der Waals surface area contributed by atoms with Crippen LogP contribution in [0.15, 0.2) is 23.0 Å². The number of fused-ring (bicyclic) bond motifs is 1. The first-order valence-electron chi connectivity index (χ1n) is 8.02. The first kappa shape index (κ1) is 16.0. The predicted octanol–water partition coefficient (Wildman–Crippen LogP) is 2.61. The lowest BCUT2D eigenvalue weighted by Gasteiger charge is -2.44. The van der Waals surface area contributed by atoms with Crippen molar-refractivity contribution in [1.29, 1.82) is 0 Å². The molecule has 1 spiro atoms. The highest BCUT2D eigenvalue weighted by atomic mass is 19.2. The Morgan fingerprint density at radius 3 is 2.56 bits per heavy atom. The van der Waals surface area contributed by atoms with Crippen molar-refractivity contribution < 1.29 is 17.9 Å². The summed E-state index contributed by atoms with van der Waals surface area (Å²) in [6.07, 6.45) is 3.15. The average Bonchev–Trinajstić information content (AvgIpc) is 2.84. The maximum atomic E-state index is 13.7. The van der Waals surface area contributed by atoms with Crippen LogP contribution in [0, 0.1) is 17.5 Å². The van der Waals surface area contributed by atoms with Crippen LogP contribution in [0.25, 0.3) is 0 Å². The van der Waals surface area contributed by atoms with Gasteiger partial charge in [0.15, 0.2) is 11.6 Å². The number of aromatic nitrogens is 2. The molecule has 0 bridgehead atoms. The molecule has 0 N–H and O–H groups in total. The van der Waals surface area contributed by atoms with Crippen molar-refractivity contribution in [2.24, 2.45) is 0 Å². The standard InChI is InChI=1S/C17H16F3N3O2/c1-22-15-7-14(21-16(24)23(15)9-17(22)3-2-4-17)25-8-10-5-12(19)13(20)6-11(10)18/h5-7H,2-4,8-9H2,1H3. The van der Waals surface area contributed by atoms with Gasteiger partial charge in [0.1, 0.15) is 18.2 Å². The van der Waals surface area contributed by atoms with Gasteiger partial charge in [0, 0.05) is 24.7 Å². The highest BCUT2D eigenvalue weighted by molar-refractivity contribution is 5.49. The van der Waals surface area contributed by atoms with E-state index in [-0.39, 0.29) is 23.6 Å². The van der Waals surface area contributed by atoms with Crippen LogP contribution >= 0.6 is 0 Å². The molecule has 1 aromatic heterocycles. The Morgan fingerprint density at radius 2 is 1.88 bits per heavy atom. The van der Waals surface area contributed by atoms with Crippen molar-refractivity contribution in [3.05, 3.63) is 51.7 Å².